The van der Waals surface area contributed by atoms with Crippen molar-refractivity contribution in [3.63, 3.8) is 0 Å². The molecule has 0 bridgehead atoms. The van der Waals surface area contributed by atoms with E-state index in [4.69, 9.17) is 23.2 Å². The average Bonchev–Trinajstić information content (AvgIpc) is 3.06. The van der Waals surface area contributed by atoms with Gasteiger partial charge in [0, 0.05) is 25.0 Å². The van der Waals surface area contributed by atoms with Crippen molar-refractivity contribution < 1.29 is 9.59 Å². The number of carbonyl (C=O) groups excluding carboxylic acids is 2. The summed E-state index contributed by atoms with van der Waals surface area (Å²) in [5, 5.41) is 0.704. The van der Waals surface area contributed by atoms with Gasteiger partial charge in [-0.15, -0.1) is 0 Å². The molecular weight excluding hydrogens is 361 g/mol. The molecule has 2 aromatic rings. The van der Waals surface area contributed by atoms with Gasteiger partial charge in [-0.2, -0.15) is 0 Å². The average molecular weight is 376 g/mol. The number of hydrogen-bond donors (Lipinski definition) is 0. The third-order valence-electron chi connectivity index (χ3n) is 4.96. The molecule has 7 heteroatoms. The van der Waals surface area contributed by atoms with E-state index in [-0.39, 0.29) is 23.8 Å². The first kappa shape index (κ1) is 16.5. The number of fused-ring (bicyclic) bond motifs is 1. The van der Waals surface area contributed by atoms with Crippen LogP contribution in [0.5, 0.6) is 0 Å². The number of rotatable bonds is 2. The summed E-state index contributed by atoms with van der Waals surface area (Å²) in [4.78, 5) is 33.5. The predicted molar refractivity (Wildman–Crippen MR) is 95.5 cm³/mol. The fourth-order valence-corrected chi connectivity index (χ4v) is 4.18. The number of imide groups is 1. The highest BCUT2D eigenvalue weighted by Crippen LogP contribution is 2.46. The minimum atomic E-state index is -0.420. The fraction of sp³-hybridized carbons (Fsp3) is 0.278. The standard InChI is InChI=1S/C18H15Cl2N3O2/c1-22-9-12-15(16(22)10-3-2-6-21-8-10)18(25)23(17(12)24)11-4-5-13(19)14(20)7-11/h2-8,12,15-16H,9H2,1H3/t12-,15-,16-/m1/s1. The van der Waals surface area contributed by atoms with Gasteiger partial charge in [0.05, 0.1) is 27.6 Å². The molecule has 2 fully saturated rings. The summed E-state index contributed by atoms with van der Waals surface area (Å²) in [6, 6.07) is 8.42. The Kier molecular flexibility index (Phi) is 4.02. The quantitative estimate of drug-likeness (QED) is 0.756. The Hall–Kier alpha value is -1.95. The van der Waals surface area contributed by atoms with Crippen molar-refractivity contribution in [1.29, 1.82) is 0 Å². The van der Waals surface area contributed by atoms with Crippen LogP contribution in [0.4, 0.5) is 5.69 Å². The molecule has 1 aromatic carbocycles. The van der Waals surface area contributed by atoms with Gasteiger partial charge >= 0.3 is 0 Å². The molecule has 1 aromatic heterocycles. The van der Waals surface area contributed by atoms with E-state index in [1.54, 1.807) is 30.6 Å². The van der Waals surface area contributed by atoms with Crippen LogP contribution in [-0.4, -0.2) is 35.3 Å². The fourth-order valence-electron chi connectivity index (χ4n) is 3.89. The summed E-state index contributed by atoms with van der Waals surface area (Å²) in [7, 11) is 1.93. The molecule has 5 nitrogen and oxygen atoms in total. The number of nitrogens with zero attached hydrogens (tertiary/aromatic N) is 3. The Labute approximate surface area is 155 Å². The van der Waals surface area contributed by atoms with Gasteiger partial charge in [-0.05, 0) is 36.9 Å². The number of benzene rings is 1. The second-order valence-corrected chi connectivity index (χ2v) is 7.23. The SMILES string of the molecule is CN1C[C@H]2C(=O)N(c3ccc(Cl)c(Cl)c3)C(=O)[C@H]2[C@H]1c1cccnc1. The smallest absolute Gasteiger partial charge is 0.239 e. The normalized spacial score (nSPS) is 26.4. The molecule has 2 saturated heterocycles. The Morgan fingerprint density at radius 1 is 1.12 bits per heavy atom. The first-order valence-corrected chi connectivity index (χ1v) is 8.67. The zero-order chi connectivity index (χ0) is 17.7. The van der Waals surface area contributed by atoms with E-state index in [0.717, 1.165) is 5.56 Å². The van der Waals surface area contributed by atoms with Gasteiger partial charge in [-0.25, -0.2) is 4.90 Å². The first-order valence-electron chi connectivity index (χ1n) is 7.92. The molecule has 3 atom stereocenters. The van der Waals surface area contributed by atoms with Crippen molar-refractivity contribution in [3.05, 3.63) is 58.3 Å². The number of carbonyl (C=O) groups is 2. The summed E-state index contributed by atoms with van der Waals surface area (Å²) < 4.78 is 0. The minimum absolute atomic E-state index is 0.164. The van der Waals surface area contributed by atoms with Crippen molar-refractivity contribution in [2.75, 3.05) is 18.5 Å². The van der Waals surface area contributed by atoms with E-state index in [1.807, 2.05) is 24.1 Å². The molecule has 2 aliphatic heterocycles. The lowest BCUT2D eigenvalue weighted by atomic mass is 9.89. The molecule has 4 rings (SSSR count). The molecule has 0 saturated carbocycles. The molecule has 0 radical (unpaired) electrons. The third-order valence-corrected chi connectivity index (χ3v) is 5.70. The summed E-state index contributed by atoms with van der Waals surface area (Å²) in [6.45, 7) is 0.534. The molecule has 3 heterocycles. The van der Waals surface area contributed by atoms with Crippen LogP contribution in [0.2, 0.25) is 10.0 Å². The zero-order valence-electron chi connectivity index (χ0n) is 13.4. The summed E-state index contributed by atoms with van der Waals surface area (Å²) >= 11 is 12.0. The van der Waals surface area contributed by atoms with Crippen molar-refractivity contribution in [3.8, 4) is 0 Å². The van der Waals surface area contributed by atoms with Crippen LogP contribution in [0.3, 0.4) is 0 Å². The van der Waals surface area contributed by atoms with Crippen LogP contribution >= 0.6 is 23.2 Å². The number of amides is 2. The van der Waals surface area contributed by atoms with Crippen LogP contribution in [-0.2, 0) is 9.59 Å². The molecule has 0 aliphatic carbocycles. The molecule has 0 N–H and O–H groups in total. The first-order chi connectivity index (χ1) is 12.0. The summed E-state index contributed by atoms with van der Waals surface area (Å²) in [5.41, 5.74) is 1.40. The lowest BCUT2D eigenvalue weighted by Crippen LogP contribution is -2.36. The summed E-state index contributed by atoms with van der Waals surface area (Å²) in [5.74, 6) is -1.17. The van der Waals surface area contributed by atoms with Crippen LogP contribution in [0, 0.1) is 11.8 Å². The molecule has 0 unspecified atom stereocenters. The highest BCUT2D eigenvalue weighted by molar-refractivity contribution is 6.42. The predicted octanol–water partition coefficient (Wildman–Crippen LogP) is 3.18. The summed E-state index contributed by atoms with van der Waals surface area (Å²) in [6.07, 6.45) is 3.45. The lowest BCUT2D eigenvalue weighted by Gasteiger charge is -2.25. The van der Waals surface area contributed by atoms with E-state index in [9.17, 15) is 9.59 Å². The second kappa shape index (κ2) is 6.09. The Morgan fingerprint density at radius 2 is 1.92 bits per heavy atom. The zero-order valence-corrected chi connectivity index (χ0v) is 14.9. The van der Waals surface area contributed by atoms with Gasteiger partial charge in [-0.3, -0.25) is 19.5 Å². The van der Waals surface area contributed by atoms with Gasteiger partial charge in [0.15, 0.2) is 0 Å². The highest BCUT2D eigenvalue weighted by atomic mass is 35.5. The van der Waals surface area contributed by atoms with Gasteiger partial charge in [-0.1, -0.05) is 29.3 Å². The van der Waals surface area contributed by atoms with Crippen molar-refractivity contribution >= 4 is 40.7 Å². The Bertz CT molecular complexity index is 859. The molecule has 128 valence electrons. The number of hydrogen-bond acceptors (Lipinski definition) is 4. The van der Waals surface area contributed by atoms with E-state index >= 15 is 0 Å². The molecule has 2 amide bonds. The van der Waals surface area contributed by atoms with Crippen LogP contribution in [0.1, 0.15) is 11.6 Å². The van der Waals surface area contributed by atoms with Gasteiger partial charge in [0.2, 0.25) is 11.8 Å². The molecule has 25 heavy (non-hydrogen) atoms. The highest BCUT2D eigenvalue weighted by Gasteiger charge is 2.57. The number of likely N-dealkylation sites (tertiary alicyclic amines) is 1. The third kappa shape index (κ3) is 2.54. The van der Waals surface area contributed by atoms with Crippen LogP contribution in [0.15, 0.2) is 42.7 Å². The van der Waals surface area contributed by atoms with Gasteiger partial charge in [0.1, 0.15) is 0 Å². The maximum atomic E-state index is 13.1. The van der Waals surface area contributed by atoms with Gasteiger partial charge in [0.25, 0.3) is 0 Å². The van der Waals surface area contributed by atoms with E-state index < -0.39 is 5.92 Å². The number of anilines is 1. The van der Waals surface area contributed by atoms with Crippen LogP contribution < -0.4 is 4.90 Å². The van der Waals surface area contributed by atoms with Crippen molar-refractivity contribution in [2.45, 2.75) is 6.04 Å². The molecule has 0 spiro atoms. The number of halogens is 2. The Morgan fingerprint density at radius 3 is 2.60 bits per heavy atom. The number of aromatic nitrogens is 1. The number of pyridine rings is 1. The van der Waals surface area contributed by atoms with E-state index in [1.165, 1.54) is 4.90 Å². The van der Waals surface area contributed by atoms with Crippen molar-refractivity contribution in [1.82, 2.24) is 9.88 Å². The topological polar surface area (TPSA) is 53.5 Å². The monoisotopic (exact) mass is 375 g/mol. The maximum Gasteiger partial charge on any atom is 0.239 e. The largest absolute Gasteiger partial charge is 0.298 e. The van der Waals surface area contributed by atoms with Crippen molar-refractivity contribution in [2.24, 2.45) is 11.8 Å². The molecular formula is C18H15Cl2N3O2. The molecule has 2 aliphatic rings. The second-order valence-electron chi connectivity index (χ2n) is 6.41. The maximum absolute atomic E-state index is 13.1. The van der Waals surface area contributed by atoms with Gasteiger partial charge < -0.3 is 0 Å². The van der Waals surface area contributed by atoms with E-state index in [2.05, 4.69) is 4.98 Å². The minimum Gasteiger partial charge on any atom is -0.298 e. The van der Waals surface area contributed by atoms with Crippen LogP contribution in [0.25, 0.3) is 0 Å². The Balaban J connectivity index is 1.73. The van der Waals surface area contributed by atoms with E-state index in [0.29, 0.717) is 22.3 Å². The lowest BCUT2D eigenvalue weighted by molar-refractivity contribution is -0.123.